The van der Waals surface area contributed by atoms with Crippen LogP contribution in [0.25, 0.3) is 0 Å². The number of ketones is 2. The molecule has 0 aliphatic carbocycles. The Morgan fingerprint density at radius 2 is 1.30 bits per heavy atom. The van der Waals surface area contributed by atoms with Gasteiger partial charge in [-0.05, 0) is 24.3 Å². The molecule has 220 valence electrons. The van der Waals surface area contributed by atoms with Crippen LogP contribution >= 0.6 is 0 Å². The summed E-state index contributed by atoms with van der Waals surface area (Å²) >= 11 is 0. The summed E-state index contributed by atoms with van der Waals surface area (Å²) in [5.41, 5.74) is 0.347. The summed E-state index contributed by atoms with van der Waals surface area (Å²) in [7, 11) is 1.49. The van der Waals surface area contributed by atoms with E-state index in [0.29, 0.717) is 76.7 Å². The summed E-state index contributed by atoms with van der Waals surface area (Å²) < 4.78 is 48.6. The fourth-order valence-corrected chi connectivity index (χ4v) is 3.50. The van der Waals surface area contributed by atoms with Gasteiger partial charge in [0.05, 0.1) is 79.8 Å². The number of ether oxygens (including phenoxy) is 9. The molecule has 0 saturated heterocycles. The van der Waals surface area contributed by atoms with Crippen LogP contribution < -0.4 is 18.9 Å². The van der Waals surface area contributed by atoms with Gasteiger partial charge < -0.3 is 47.7 Å². The van der Waals surface area contributed by atoms with Crippen LogP contribution in [0.5, 0.6) is 23.0 Å². The van der Waals surface area contributed by atoms with E-state index in [-0.39, 0.29) is 43.5 Å². The van der Waals surface area contributed by atoms with Gasteiger partial charge in [-0.2, -0.15) is 0 Å². The van der Waals surface area contributed by atoms with Gasteiger partial charge in [0.15, 0.2) is 11.5 Å². The molecule has 0 fully saturated rings. The molecule has 0 radical (unpaired) electrons. The minimum absolute atomic E-state index is 0.00345. The van der Waals surface area contributed by atoms with Crippen molar-refractivity contribution >= 4 is 11.6 Å². The summed E-state index contributed by atoms with van der Waals surface area (Å²) in [5, 5.41) is 8.59. The number of carbonyl (C=O) groups excluding carboxylic acids is 2. The smallest absolute Gasteiger partial charge is 0.233 e. The van der Waals surface area contributed by atoms with Crippen molar-refractivity contribution in [2.45, 2.75) is 0 Å². The van der Waals surface area contributed by atoms with Gasteiger partial charge in [0.2, 0.25) is 24.1 Å². The van der Waals surface area contributed by atoms with Gasteiger partial charge in [0.1, 0.15) is 12.4 Å². The van der Waals surface area contributed by atoms with Crippen molar-refractivity contribution in [1.82, 2.24) is 0 Å². The van der Waals surface area contributed by atoms with E-state index in [1.165, 1.54) is 25.3 Å². The number of methoxy groups -OCH3 is 1. The first-order chi connectivity index (χ1) is 19.6. The minimum Gasteiger partial charge on any atom is -0.497 e. The summed E-state index contributed by atoms with van der Waals surface area (Å²) in [6, 6.07) is 9.33. The zero-order valence-electron chi connectivity index (χ0n) is 22.6. The van der Waals surface area contributed by atoms with E-state index < -0.39 is 11.6 Å². The van der Waals surface area contributed by atoms with Crippen LogP contribution in [-0.2, 0) is 23.7 Å². The molecule has 1 heterocycles. The molecule has 2 aromatic rings. The largest absolute Gasteiger partial charge is 0.497 e. The van der Waals surface area contributed by atoms with Crippen LogP contribution in [0.3, 0.4) is 0 Å². The number of hydrogen-bond donors (Lipinski definition) is 1. The molecule has 12 heteroatoms. The fraction of sp³-hybridized carbons (Fsp3) is 0.500. The van der Waals surface area contributed by atoms with Gasteiger partial charge in [-0.1, -0.05) is 12.1 Å². The Morgan fingerprint density at radius 1 is 0.725 bits per heavy atom. The first-order valence-electron chi connectivity index (χ1n) is 12.9. The quantitative estimate of drug-likeness (QED) is 0.127. The van der Waals surface area contributed by atoms with E-state index in [9.17, 15) is 9.59 Å². The van der Waals surface area contributed by atoms with Crippen LogP contribution in [0.4, 0.5) is 0 Å². The molecule has 40 heavy (non-hydrogen) atoms. The average molecular weight is 565 g/mol. The second-order valence-electron chi connectivity index (χ2n) is 8.23. The molecule has 0 atom stereocenters. The Bertz CT molecular complexity index is 1060. The highest BCUT2D eigenvalue weighted by atomic mass is 16.7. The second kappa shape index (κ2) is 18.2. The number of fused-ring (bicyclic) bond motifs is 1. The number of benzene rings is 2. The predicted molar refractivity (Wildman–Crippen MR) is 141 cm³/mol. The van der Waals surface area contributed by atoms with E-state index in [0.717, 1.165) is 0 Å². The summed E-state index contributed by atoms with van der Waals surface area (Å²) in [6.07, 6.45) is 0. The number of hydrogen-bond acceptors (Lipinski definition) is 12. The van der Waals surface area contributed by atoms with Gasteiger partial charge in [-0.25, -0.2) is 0 Å². The van der Waals surface area contributed by atoms with E-state index in [4.69, 9.17) is 47.7 Å². The van der Waals surface area contributed by atoms with Crippen molar-refractivity contribution in [2.24, 2.45) is 0 Å². The van der Waals surface area contributed by atoms with Gasteiger partial charge in [0.25, 0.3) is 0 Å². The van der Waals surface area contributed by atoms with Crippen molar-refractivity contribution in [3.05, 3.63) is 47.5 Å². The van der Waals surface area contributed by atoms with Gasteiger partial charge >= 0.3 is 0 Å². The number of aliphatic hydroxyl groups is 1. The monoisotopic (exact) mass is 564 g/mol. The summed E-state index contributed by atoms with van der Waals surface area (Å²) in [4.78, 5) is 25.7. The highest BCUT2D eigenvalue weighted by molar-refractivity contribution is 6.49. The lowest BCUT2D eigenvalue weighted by Gasteiger charge is -2.11. The Hall–Kier alpha value is -3.26. The standard InChI is InChI=1S/C28H36O12/c1-32-23-4-2-3-21(17-23)26(30)27(31)22-18-24(28-25(19-22)39-20-40-28)38-16-15-37-14-13-36-12-11-35-10-9-34-8-7-33-6-5-29/h2-4,17-19,29H,5-16,20H2,1H3. The molecule has 0 amide bonds. The molecule has 0 saturated carbocycles. The van der Waals surface area contributed by atoms with E-state index >= 15 is 0 Å². The molecule has 1 aliphatic rings. The summed E-state index contributed by atoms with van der Waals surface area (Å²) in [6.45, 7) is 4.20. The molecule has 3 rings (SSSR count). The van der Waals surface area contributed by atoms with E-state index in [1.807, 2.05) is 0 Å². The minimum atomic E-state index is -0.704. The molecule has 12 nitrogen and oxygen atoms in total. The Morgan fingerprint density at radius 3 is 1.90 bits per heavy atom. The van der Waals surface area contributed by atoms with Crippen molar-refractivity contribution in [1.29, 1.82) is 0 Å². The maximum Gasteiger partial charge on any atom is 0.233 e. The fourth-order valence-electron chi connectivity index (χ4n) is 3.50. The third kappa shape index (κ3) is 10.4. The highest BCUT2D eigenvalue weighted by Crippen LogP contribution is 2.42. The predicted octanol–water partition coefficient (Wildman–Crippen LogP) is 1.94. The Labute approximate surface area is 232 Å². The van der Waals surface area contributed by atoms with Gasteiger partial charge in [0, 0.05) is 11.1 Å². The van der Waals surface area contributed by atoms with Crippen molar-refractivity contribution in [3.8, 4) is 23.0 Å². The van der Waals surface area contributed by atoms with E-state index in [1.54, 1.807) is 18.2 Å². The van der Waals surface area contributed by atoms with Crippen LogP contribution in [0, 0.1) is 0 Å². The molecule has 0 bridgehead atoms. The molecule has 0 aromatic heterocycles. The van der Waals surface area contributed by atoms with Crippen molar-refractivity contribution < 1.29 is 57.3 Å². The summed E-state index contributed by atoms with van der Waals surface area (Å²) in [5.74, 6) is 0.0849. The Kier molecular flexibility index (Phi) is 14.2. The molecular formula is C28H36O12. The lowest BCUT2D eigenvalue weighted by Crippen LogP contribution is -2.15. The lowest BCUT2D eigenvalue weighted by molar-refractivity contribution is -0.0147. The number of Topliss-reactive ketones (excluding diaryl/α,β-unsaturated/α-hetero) is 2. The van der Waals surface area contributed by atoms with Gasteiger partial charge in [-0.15, -0.1) is 0 Å². The highest BCUT2D eigenvalue weighted by Gasteiger charge is 2.26. The lowest BCUT2D eigenvalue weighted by atomic mass is 10.0. The molecule has 0 unspecified atom stereocenters. The molecule has 1 aliphatic heterocycles. The van der Waals surface area contributed by atoms with Crippen molar-refractivity contribution in [3.63, 3.8) is 0 Å². The third-order valence-electron chi connectivity index (χ3n) is 5.45. The van der Waals surface area contributed by atoms with Crippen LogP contribution in [0.1, 0.15) is 20.7 Å². The second-order valence-corrected chi connectivity index (χ2v) is 8.23. The topological polar surface area (TPSA) is 137 Å². The maximum atomic E-state index is 12.9. The van der Waals surface area contributed by atoms with Gasteiger partial charge in [-0.3, -0.25) is 9.59 Å². The number of aliphatic hydroxyl groups excluding tert-OH is 1. The number of rotatable bonds is 22. The van der Waals surface area contributed by atoms with Crippen LogP contribution in [0.15, 0.2) is 36.4 Å². The zero-order chi connectivity index (χ0) is 28.4. The molecule has 0 spiro atoms. The molecule has 2 aromatic carbocycles. The number of carbonyl (C=O) groups is 2. The normalized spacial score (nSPS) is 11.9. The SMILES string of the molecule is COc1cccc(C(=O)C(=O)c2cc(OCCOCCOCCOCCOCCOCCO)c3c(c2)OCO3)c1. The Balaban J connectivity index is 1.31. The van der Waals surface area contributed by atoms with Crippen molar-refractivity contribution in [2.75, 3.05) is 93.2 Å². The van der Waals surface area contributed by atoms with Crippen LogP contribution in [0.2, 0.25) is 0 Å². The molecular weight excluding hydrogens is 528 g/mol. The first-order valence-corrected chi connectivity index (χ1v) is 12.9. The molecule has 1 N–H and O–H groups in total. The zero-order valence-corrected chi connectivity index (χ0v) is 22.6. The third-order valence-corrected chi connectivity index (χ3v) is 5.45. The first kappa shape index (κ1) is 31.3. The van der Waals surface area contributed by atoms with Crippen LogP contribution in [-0.4, -0.2) is 110 Å². The van der Waals surface area contributed by atoms with E-state index in [2.05, 4.69) is 0 Å². The average Bonchev–Trinajstić information content (AvgIpc) is 3.47. The maximum absolute atomic E-state index is 12.9.